The Morgan fingerprint density at radius 3 is 2.65 bits per heavy atom. The summed E-state index contributed by atoms with van der Waals surface area (Å²) in [5.74, 6) is -0.592. The topological polar surface area (TPSA) is 80.7 Å². The first-order valence-electron chi connectivity index (χ1n) is 5.97. The highest BCUT2D eigenvalue weighted by Crippen LogP contribution is 2.26. The number of furan rings is 1. The van der Waals surface area contributed by atoms with Gasteiger partial charge in [-0.25, -0.2) is 0 Å². The number of rotatable bonds is 3. The van der Waals surface area contributed by atoms with Gasteiger partial charge in [0.05, 0.1) is 23.6 Å². The molecule has 0 saturated carbocycles. The summed E-state index contributed by atoms with van der Waals surface area (Å²) in [6.07, 6.45) is 1.03. The fourth-order valence-corrected chi connectivity index (χ4v) is 2.10. The smallest absolute Gasteiger partial charge is 0.308 e. The van der Waals surface area contributed by atoms with Crippen molar-refractivity contribution in [3.63, 3.8) is 0 Å². The highest BCUT2D eigenvalue weighted by Gasteiger charge is 2.19. The zero-order valence-electron chi connectivity index (χ0n) is 10.3. The summed E-state index contributed by atoms with van der Waals surface area (Å²) in [5, 5.41) is 9.33. The number of hydrogen-bond donors (Lipinski definition) is 1. The van der Waals surface area contributed by atoms with E-state index in [4.69, 9.17) is 13.9 Å². The lowest BCUT2D eigenvalue weighted by atomic mass is 10.1. The maximum Gasteiger partial charge on any atom is 0.308 e. The molecule has 5 nitrogen and oxygen atoms in total. The second-order valence-electron chi connectivity index (χ2n) is 4.28. The van der Waals surface area contributed by atoms with Crippen molar-refractivity contribution in [2.75, 3.05) is 0 Å². The van der Waals surface area contributed by atoms with Crippen molar-refractivity contribution < 1.29 is 18.7 Å². The van der Waals surface area contributed by atoms with Gasteiger partial charge in [0, 0.05) is 0 Å². The van der Waals surface area contributed by atoms with Crippen LogP contribution in [0.5, 0.6) is 0 Å². The molecular formula is C15H10O5. The molecule has 0 saturated heterocycles. The van der Waals surface area contributed by atoms with Crippen LogP contribution in [0.4, 0.5) is 0 Å². The number of benzene rings is 1. The Bertz CT molecular complexity index is 827. The zero-order chi connectivity index (χ0) is 14.1. The van der Waals surface area contributed by atoms with Crippen LogP contribution in [0.2, 0.25) is 0 Å². The average Bonchev–Trinajstić information content (AvgIpc) is 2.95. The number of aliphatic carboxylic acids is 1. The van der Waals surface area contributed by atoms with Crippen molar-refractivity contribution in [1.82, 2.24) is 0 Å². The molecule has 0 spiro atoms. The Kier molecular flexibility index (Phi) is 2.87. The van der Waals surface area contributed by atoms with Gasteiger partial charge in [-0.05, 0) is 24.3 Å². The number of fused-ring (bicyclic) bond motifs is 1. The van der Waals surface area contributed by atoms with Crippen molar-refractivity contribution in [2.24, 2.45) is 0 Å². The lowest BCUT2D eigenvalue weighted by Gasteiger charge is -2.06. The third kappa shape index (κ3) is 1.99. The van der Waals surface area contributed by atoms with Gasteiger partial charge < -0.3 is 13.9 Å². The molecule has 0 unspecified atom stereocenters. The maximum absolute atomic E-state index is 12.4. The Labute approximate surface area is 113 Å². The van der Waals surface area contributed by atoms with Crippen LogP contribution in [0, 0.1) is 0 Å². The molecule has 100 valence electrons. The average molecular weight is 270 g/mol. The van der Waals surface area contributed by atoms with Gasteiger partial charge in [0.25, 0.3) is 0 Å². The van der Waals surface area contributed by atoms with Crippen molar-refractivity contribution in [1.29, 1.82) is 0 Å². The molecule has 5 heteroatoms. The summed E-state index contributed by atoms with van der Waals surface area (Å²) in [5.41, 5.74) is 0.143. The fourth-order valence-electron chi connectivity index (χ4n) is 2.10. The Hall–Kier alpha value is -2.82. The summed E-state index contributed by atoms with van der Waals surface area (Å²) in [7, 11) is 0. The normalized spacial score (nSPS) is 10.8. The van der Waals surface area contributed by atoms with Gasteiger partial charge in [0.15, 0.2) is 16.9 Å². The number of carboxylic acid groups (broad SMARTS) is 1. The molecule has 0 radical (unpaired) electrons. The predicted octanol–water partition coefficient (Wildman–Crippen LogP) is 2.68. The molecule has 0 amide bonds. The zero-order valence-corrected chi connectivity index (χ0v) is 10.3. The monoisotopic (exact) mass is 270 g/mol. The first-order valence-corrected chi connectivity index (χ1v) is 5.97. The minimum absolute atomic E-state index is 0.0890. The maximum atomic E-state index is 12.4. The number of carboxylic acids is 1. The SMILES string of the molecule is O=C(O)Cc1c(-c2ccco2)oc2ccccc2c1=O. The largest absolute Gasteiger partial charge is 0.481 e. The Morgan fingerprint density at radius 2 is 1.95 bits per heavy atom. The van der Waals surface area contributed by atoms with E-state index in [9.17, 15) is 9.59 Å². The fraction of sp³-hybridized carbons (Fsp3) is 0.0667. The van der Waals surface area contributed by atoms with E-state index in [0.29, 0.717) is 16.7 Å². The van der Waals surface area contributed by atoms with Gasteiger partial charge in [-0.3, -0.25) is 9.59 Å². The van der Waals surface area contributed by atoms with Crippen molar-refractivity contribution in [2.45, 2.75) is 6.42 Å². The number of carbonyl (C=O) groups is 1. The summed E-state index contributed by atoms with van der Waals surface area (Å²) < 4.78 is 10.9. The molecule has 0 atom stereocenters. The van der Waals surface area contributed by atoms with Crippen LogP contribution < -0.4 is 5.43 Å². The molecule has 0 aliphatic heterocycles. The molecule has 1 N–H and O–H groups in total. The molecule has 0 aliphatic rings. The van der Waals surface area contributed by atoms with E-state index in [0.717, 1.165) is 0 Å². The van der Waals surface area contributed by atoms with Crippen LogP contribution in [0.25, 0.3) is 22.5 Å². The standard InChI is InChI=1S/C15H10O5/c16-13(17)8-10-14(18)9-4-1-2-5-11(9)20-15(10)12-6-3-7-19-12/h1-7H,8H2,(H,16,17). The minimum Gasteiger partial charge on any atom is -0.481 e. The van der Waals surface area contributed by atoms with Crippen LogP contribution in [0.3, 0.4) is 0 Å². The second kappa shape index (κ2) is 4.70. The van der Waals surface area contributed by atoms with Crippen molar-refractivity contribution >= 4 is 16.9 Å². The van der Waals surface area contributed by atoms with Crippen molar-refractivity contribution in [3.05, 3.63) is 58.4 Å². The minimum atomic E-state index is -1.10. The molecule has 0 fully saturated rings. The first-order chi connectivity index (χ1) is 9.66. The van der Waals surface area contributed by atoms with E-state index >= 15 is 0 Å². The van der Waals surface area contributed by atoms with Gasteiger partial charge in [-0.15, -0.1) is 0 Å². The molecule has 20 heavy (non-hydrogen) atoms. The van der Waals surface area contributed by atoms with Gasteiger partial charge in [-0.2, -0.15) is 0 Å². The highest BCUT2D eigenvalue weighted by atomic mass is 16.4. The summed E-state index contributed by atoms with van der Waals surface area (Å²) in [6.45, 7) is 0. The molecular weight excluding hydrogens is 260 g/mol. The summed E-state index contributed by atoms with van der Waals surface area (Å²) in [6, 6.07) is 9.99. The molecule has 0 bridgehead atoms. The van der Waals surface area contributed by atoms with Gasteiger partial charge in [0.2, 0.25) is 0 Å². The highest BCUT2D eigenvalue weighted by molar-refractivity contribution is 5.82. The van der Waals surface area contributed by atoms with E-state index in [-0.39, 0.29) is 16.8 Å². The van der Waals surface area contributed by atoms with E-state index in [2.05, 4.69) is 0 Å². The van der Waals surface area contributed by atoms with Gasteiger partial charge >= 0.3 is 5.97 Å². The lowest BCUT2D eigenvalue weighted by Crippen LogP contribution is -2.15. The molecule has 1 aromatic carbocycles. The molecule has 0 aliphatic carbocycles. The molecule has 3 aromatic rings. The van der Waals surface area contributed by atoms with Crippen LogP contribution in [-0.2, 0) is 11.2 Å². The third-order valence-electron chi connectivity index (χ3n) is 2.96. The molecule has 3 rings (SSSR count). The number of hydrogen-bond acceptors (Lipinski definition) is 4. The Balaban J connectivity index is 2.36. The predicted molar refractivity (Wildman–Crippen MR) is 71.5 cm³/mol. The third-order valence-corrected chi connectivity index (χ3v) is 2.96. The Morgan fingerprint density at radius 1 is 1.15 bits per heavy atom. The molecule has 2 heterocycles. The van der Waals surface area contributed by atoms with E-state index in [1.54, 1.807) is 36.4 Å². The second-order valence-corrected chi connectivity index (χ2v) is 4.28. The van der Waals surface area contributed by atoms with Crippen LogP contribution in [-0.4, -0.2) is 11.1 Å². The molecule has 2 aromatic heterocycles. The van der Waals surface area contributed by atoms with E-state index in [1.165, 1.54) is 6.26 Å². The van der Waals surface area contributed by atoms with Crippen LogP contribution >= 0.6 is 0 Å². The van der Waals surface area contributed by atoms with Gasteiger partial charge in [0.1, 0.15) is 5.58 Å². The van der Waals surface area contributed by atoms with Crippen LogP contribution in [0.15, 0.2) is 56.3 Å². The van der Waals surface area contributed by atoms with Crippen LogP contribution in [0.1, 0.15) is 5.56 Å². The first kappa shape index (κ1) is 12.2. The van der Waals surface area contributed by atoms with E-state index in [1.807, 2.05) is 0 Å². The summed E-state index contributed by atoms with van der Waals surface area (Å²) in [4.78, 5) is 23.4. The lowest BCUT2D eigenvalue weighted by molar-refractivity contribution is -0.136. The number of para-hydroxylation sites is 1. The quantitative estimate of drug-likeness (QED) is 0.791. The van der Waals surface area contributed by atoms with Gasteiger partial charge in [-0.1, -0.05) is 12.1 Å². The summed E-state index contributed by atoms with van der Waals surface area (Å²) >= 11 is 0. The van der Waals surface area contributed by atoms with Crippen molar-refractivity contribution in [3.8, 4) is 11.5 Å². The van der Waals surface area contributed by atoms with E-state index < -0.39 is 12.4 Å².